The van der Waals surface area contributed by atoms with E-state index in [9.17, 15) is 0 Å². The Morgan fingerprint density at radius 2 is 2.29 bits per heavy atom. The summed E-state index contributed by atoms with van der Waals surface area (Å²) in [7, 11) is 1.68. The molecule has 0 radical (unpaired) electrons. The number of hydrogen-bond acceptors (Lipinski definition) is 6. The van der Waals surface area contributed by atoms with Crippen LogP contribution < -0.4 is 5.32 Å². The van der Waals surface area contributed by atoms with Crippen molar-refractivity contribution in [1.82, 2.24) is 15.5 Å². The molecule has 92 valence electrons. The summed E-state index contributed by atoms with van der Waals surface area (Å²) < 4.78 is 10.4. The van der Waals surface area contributed by atoms with Gasteiger partial charge in [-0.2, -0.15) is 0 Å². The molecule has 17 heavy (non-hydrogen) atoms. The van der Waals surface area contributed by atoms with Crippen LogP contribution in [0.15, 0.2) is 16.5 Å². The molecule has 0 amide bonds. The zero-order chi connectivity index (χ0) is 12.1. The number of nitrogens with one attached hydrogen (secondary N) is 1. The lowest BCUT2D eigenvalue weighted by atomic mass is 10.4. The van der Waals surface area contributed by atoms with Gasteiger partial charge in [-0.15, -0.1) is 10.2 Å². The Hall–Kier alpha value is -1.24. The maximum Gasteiger partial charge on any atom is 0.183 e. The number of ether oxygens (including phenoxy) is 1. The Kier molecular flexibility index (Phi) is 4.24. The Bertz CT molecular complexity index is 467. The molecule has 0 unspecified atom stereocenters. The molecule has 0 aliphatic carbocycles. The molecule has 0 spiro atoms. The second kappa shape index (κ2) is 5.90. The number of rotatable bonds is 6. The third-order valence-corrected chi connectivity index (χ3v) is 3.11. The lowest BCUT2D eigenvalue weighted by Gasteiger charge is -1.99. The molecule has 0 fully saturated rings. The molecular formula is C11H15N3O2S. The summed E-state index contributed by atoms with van der Waals surface area (Å²) in [4.78, 5) is 0. The lowest BCUT2D eigenvalue weighted by Crippen LogP contribution is -2.18. The van der Waals surface area contributed by atoms with E-state index in [2.05, 4.69) is 15.5 Å². The molecule has 2 heterocycles. The minimum Gasteiger partial charge on any atom is -0.459 e. The molecule has 0 aromatic carbocycles. The first-order valence-electron chi connectivity index (χ1n) is 5.38. The van der Waals surface area contributed by atoms with Gasteiger partial charge in [0.25, 0.3) is 0 Å². The Labute approximate surface area is 104 Å². The quantitative estimate of drug-likeness (QED) is 0.796. The van der Waals surface area contributed by atoms with Gasteiger partial charge in [0.05, 0.1) is 6.61 Å². The fraction of sp³-hybridized carbons (Fsp3) is 0.455. The van der Waals surface area contributed by atoms with Gasteiger partial charge < -0.3 is 14.5 Å². The number of aromatic nitrogens is 2. The van der Waals surface area contributed by atoms with Crippen LogP contribution in [0.5, 0.6) is 0 Å². The van der Waals surface area contributed by atoms with Crippen LogP contribution >= 0.6 is 11.3 Å². The summed E-state index contributed by atoms with van der Waals surface area (Å²) in [5, 5.41) is 13.2. The maximum atomic E-state index is 5.49. The Morgan fingerprint density at radius 1 is 1.41 bits per heavy atom. The van der Waals surface area contributed by atoms with E-state index < -0.39 is 0 Å². The summed E-state index contributed by atoms with van der Waals surface area (Å²) in [6.45, 7) is 4.13. The molecule has 0 bridgehead atoms. The van der Waals surface area contributed by atoms with Gasteiger partial charge in [0.15, 0.2) is 10.8 Å². The Balaban J connectivity index is 1.92. The number of nitrogens with zero attached hydrogens (tertiary/aromatic N) is 2. The smallest absolute Gasteiger partial charge is 0.183 e. The van der Waals surface area contributed by atoms with Gasteiger partial charge in [-0.3, -0.25) is 0 Å². The summed E-state index contributed by atoms with van der Waals surface area (Å²) in [6.07, 6.45) is 0. The molecular weight excluding hydrogens is 238 g/mol. The van der Waals surface area contributed by atoms with E-state index in [0.29, 0.717) is 13.2 Å². The van der Waals surface area contributed by atoms with Crippen LogP contribution in [0.4, 0.5) is 0 Å². The SMILES string of the molecule is COCCNCc1nnc(-c2ccc(C)o2)s1. The van der Waals surface area contributed by atoms with Crippen LogP contribution in [0.25, 0.3) is 10.8 Å². The fourth-order valence-corrected chi connectivity index (χ4v) is 2.11. The van der Waals surface area contributed by atoms with Crippen molar-refractivity contribution in [3.05, 3.63) is 22.9 Å². The van der Waals surface area contributed by atoms with Gasteiger partial charge in [0.1, 0.15) is 10.8 Å². The van der Waals surface area contributed by atoms with E-state index in [1.165, 1.54) is 11.3 Å². The second-order valence-corrected chi connectivity index (χ2v) is 4.64. The first-order chi connectivity index (χ1) is 8.29. The summed E-state index contributed by atoms with van der Waals surface area (Å²) >= 11 is 1.54. The van der Waals surface area contributed by atoms with Crippen molar-refractivity contribution in [2.75, 3.05) is 20.3 Å². The summed E-state index contributed by atoms with van der Waals surface area (Å²) in [6, 6.07) is 3.84. The highest BCUT2D eigenvalue weighted by Gasteiger charge is 2.09. The van der Waals surface area contributed by atoms with Gasteiger partial charge in [-0.05, 0) is 19.1 Å². The highest BCUT2D eigenvalue weighted by atomic mass is 32.1. The standard InChI is InChI=1S/C11H15N3O2S/c1-8-3-4-9(16-8)11-14-13-10(17-11)7-12-5-6-15-2/h3-4,12H,5-7H2,1-2H3. The minimum atomic E-state index is 0.697. The van der Waals surface area contributed by atoms with Gasteiger partial charge in [0, 0.05) is 20.2 Å². The maximum absolute atomic E-state index is 5.49. The van der Waals surface area contributed by atoms with Gasteiger partial charge in [-0.25, -0.2) is 0 Å². The average Bonchev–Trinajstić information content (AvgIpc) is 2.93. The van der Waals surface area contributed by atoms with Gasteiger partial charge in [-0.1, -0.05) is 11.3 Å². The zero-order valence-electron chi connectivity index (χ0n) is 9.90. The van der Waals surface area contributed by atoms with Gasteiger partial charge in [0.2, 0.25) is 0 Å². The van der Waals surface area contributed by atoms with Crippen LogP contribution in [0.1, 0.15) is 10.8 Å². The van der Waals surface area contributed by atoms with Crippen molar-refractivity contribution in [3.8, 4) is 10.8 Å². The molecule has 0 atom stereocenters. The van der Waals surface area contributed by atoms with Crippen LogP contribution in [-0.4, -0.2) is 30.5 Å². The van der Waals surface area contributed by atoms with Crippen molar-refractivity contribution in [2.24, 2.45) is 0 Å². The van der Waals surface area contributed by atoms with Crippen molar-refractivity contribution in [1.29, 1.82) is 0 Å². The molecule has 1 N–H and O–H groups in total. The molecule has 0 aliphatic rings. The summed E-state index contributed by atoms with van der Waals surface area (Å²) in [5.41, 5.74) is 0. The molecule has 6 heteroatoms. The third kappa shape index (κ3) is 3.36. The monoisotopic (exact) mass is 253 g/mol. The largest absolute Gasteiger partial charge is 0.459 e. The van der Waals surface area contributed by atoms with Crippen molar-refractivity contribution in [3.63, 3.8) is 0 Å². The van der Waals surface area contributed by atoms with Crippen molar-refractivity contribution in [2.45, 2.75) is 13.5 Å². The van der Waals surface area contributed by atoms with Gasteiger partial charge >= 0.3 is 0 Å². The molecule has 0 saturated carbocycles. The topological polar surface area (TPSA) is 60.2 Å². The van der Waals surface area contributed by atoms with E-state index >= 15 is 0 Å². The van der Waals surface area contributed by atoms with E-state index in [0.717, 1.165) is 28.1 Å². The Morgan fingerprint density at radius 3 is 3.00 bits per heavy atom. The van der Waals surface area contributed by atoms with E-state index in [4.69, 9.17) is 9.15 Å². The van der Waals surface area contributed by atoms with Crippen molar-refractivity contribution < 1.29 is 9.15 Å². The van der Waals surface area contributed by atoms with Crippen LogP contribution in [0, 0.1) is 6.92 Å². The van der Waals surface area contributed by atoms with Crippen LogP contribution in [0.2, 0.25) is 0 Å². The average molecular weight is 253 g/mol. The van der Waals surface area contributed by atoms with Crippen LogP contribution in [0.3, 0.4) is 0 Å². The number of furan rings is 1. The molecule has 2 aromatic rings. The summed E-state index contributed by atoms with van der Waals surface area (Å²) in [5.74, 6) is 1.66. The van der Waals surface area contributed by atoms with E-state index in [1.54, 1.807) is 7.11 Å². The zero-order valence-corrected chi connectivity index (χ0v) is 10.7. The van der Waals surface area contributed by atoms with Crippen molar-refractivity contribution >= 4 is 11.3 Å². The first kappa shape index (κ1) is 12.2. The molecule has 0 saturated heterocycles. The lowest BCUT2D eigenvalue weighted by molar-refractivity contribution is 0.199. The second-order valence-electron chi connectivity index (χ2n) is 3.58. The van der Waals surface area contributed by atoms with E-state index in [-0.39, 0.29) is 0 Å². The third-order valence-electron chi connectivity index (χ3n) is 2.18. The number of hydrogen-bond donors (Lipinski definition) is 1. The molecule has 0 aliphatic heterocycles. The molecule has 2 rings (SSSR count). The highest BCUT2D eigenvalue weighted by molar-refractivity contribution is 7.14. The number of aryl methyl sites for hydroxylation is 1. The first-order valence-corrected chi connectivity index (χ1v) is 6.20. The minimum absolute atomic E-state index is 0.697. The van der Waals surface area contributed by atoms with Crippen LogP contribution in [-0.2, 0) is 11.3 Å². The predicted octanol–water partition coefficient (Wildman–Crippen LogP) is 1.84. The predicted molar refractivity (Wildman–Crippen MR) is 65.9 cm³/mol. The normalized spacial score (nSPS) is 10.9. The number of methoxy groups -OCH3 is 1. The molecule has 5 nitrogen and oxygen atoms in total. The van der Waals surface area contributed by atoms with E-state index in [1.807, 2.05) is 19.1 Å². The fourth-order valence-electron chi connectivity index (χ4n) is 1.34. The highest BCUT2D eigenvalue weighted by Crippen LogP contribution is 2.25. The molecule has 2 aromatic heterocycles.